The standard InChI is InChI=1S/C66H41NO2/c1-2-20-42(21-3-1)44-23-6-13-33-57(44)67(59-35-19-32-55-64(59)46-25-5-8-27-50(46)65(55)51-28-9-14-36-60(51)68-61-37-15-10-29-52(61)65)58-34-18-22-43-40-56-48(41-47(43)58)45-24-4-7-26-49(45)66(56)53-30-11-16-38-62(53)69-63-39-17-12-31-54(63)66/h1-41H. The lowest BCUT2D eigenvalue weighted by Crippen LogP contribution is -2.32. The molecule has 0 saturated heterocycles. The molecule has 2 heterocycles. The number of para-hydroxylation sites is 5. The van der Waals surface area contributed by atoms with Gasteiger partial charge in [0.1, 0.15) is 23.0 Å². The maximum Gasteiger partial charge on any atom is 0.132 e. The summed E-state index contributed by atoms with van der Waals surface area (Å²) < 4.78 is 13.5. The lowest BCUT2D eigenvalue weighted by molar-refractivity contribution is 0.436. The lowest BCUT2D eigenvalue weighted by Gasteiger charge is -2.39. The van der Waals surface area contributed by atoms with Gasteiger partial charge in [-0.25, -0.2) is 0 Å². The Morgan fingerprint density at radius 3 is 1.33 bits per heavy atom. The molecule has 2 aliphatic heterocycles. The first kappa shape index (κ1) is 38.2. The van der Waals surface area contributed by atoms with Crippen LogP contribution in [0, 0.1) is 0 Å². The van der Waals surface area contributed by atoms with Crippen molar-refractivity contribution in [3.05, 3.63) is 293 Å². The average Bonchev–Trinajstić information content (AvgIpc) is 3.87. The Hall–Kier alpha value is -8.92. The number of ether oxygens (including phenoxy) is 2. The van der Waals surface area contributed by atoms with Gasteiger partial charge in [0.25, 0.3) is 0 Å². The third kappa shape index (κ3) is 5.01. The van der Waals surface area contributed by atoms with E-state index >= 15 is 0 Å². The van der Waals surface area contributed by atoms with E-state index in [4.69, 9.17) is 9.47 Å². The van der Waals surface area contributed by atoms with Gasteiger partial charge in [-0.05, 0) is 104 Å². The van der Waals surface area contributed by atoms with Gasteiger partial charge in [0.2, 0.25) is 0 Å². The van der Waals surface area contributed by atoms with E-state index in [1.165, 1.54) is 55.3 Å². The SMILES string of the molecule is c1ccc(-c2ccccc2N(c2cccc3c2-c2ccccc2C32c3ccccc3Oc3ccccc32)c2cccc3cc4c(cc23)-c2ccccc2C42c3ccccc3Oc3ccccc32)cc1. The zero-order chi connectivity index (χ0) is 45.3. The zero-order valence-corrected chi connectivity index (χ0v) is 37.4. The second kappa shape index (κ2) is 14.3. The second-order valence-electron chi connectivity index (χ2n) is 18.6. The highest BCUT2D eigenvalue weighted by Gasteiger charge is 2.53. The van der Waals surface area contributed by atoms with E-state index < -0.39 is 10.8 Å². The summed E-state index contributed by atoms with van der Waals surface area (Å²) in [6.45, 7) is 0. The molecule has 0 aromatic heterocycles. The fraction of sp³-hybridized carbons (Fsp3) is 0.0303. The topological polar surface area (TPSA) is 21.7 Å². The maximum absolute atomic E-state index is 6.75. The Morgan fingerprint density at radius 1 is 0.275 bits per heavy atom. The number of hydrogen-bond donors (Lipinski definition) is 0. The van der Waals surface area contributed by atoms with Crippen LogP contribution in [0.1, 0.15) is 44.5 Å². The van der Waals surface area contributed by atoms with Crippen LogP contribution in [-0.4, -0.2) is 0 Å². The van der Waals surface area contributed by atoms with E-state index in [0.717, 1.165) is 73.4 Å². The normalized spacial score (nSPS) is 14.3. The van der Waals surface area contributed by atoms with Crippen LogP contribution in [0.25, 0.3) is 44.2 Å². The average molecular weight is 880 g/mol. The van der Waals surface area contributed by atoms with Crippen molar-refractivity contribution < 1.29 is 9.47 Å². The van der Waals surface area contributed by atoms with Crippen LogP contribution in [0.15, 0.2) is 249 Å². The Balaban J connectivity index is 1.05. The van der Waals surface area contributed by atoms with Crippen molar-refractivity contribution in [3.63, 3.8) is 0 Å². The van der Waals surface area contributed by atoms with Gasteiger partial charge < -0.3 is 14.4 Å². The van der Waals surface area contributed by atoms with Crippen molar-refractivity contribution in [2.24, 2.45) is 0 Å². The lowest BCUT2D eigenvalue weighted by atomic mass is 9.66. The van der Waals surface area contributed by atoms with E-state index in [9.17, 15) is 0 Å². The minimum absolute atomic E-state index is 0.574. The van der Waals surface area contributed by atoms with Crippen molar-refractivity contribution in [1.82, 2.24) is 0 Å². The van der Waals surface area contributed by atoms with Crippen molar-refractivity contribution in [1.29, 1.82) is 0 Å². The molecule has 0 fully saturated rings. The van der Waals surface area contributed by atoms with Gasteiger partial charge in [0.05, 0.1) is 27.9 Å². The van der Waals surface area contributed by atoms with Crippen LogP contribution >= 0.6 is 0 Å². The summed E-state index contributed by atoms with van der Waals surface area (Å²) in [5, 5.41) is 2.33. The number of rotatable bonds is 4. The summed E-state index contributed by atoms with van der Waals surface area (Å²) in [4.78, 5) is 2.55. The van der Waals surface area contributed by atoms with Crippen molar-refractivity contribution in [2.75, 3.05) is 4.90 Å². The highest BCUT2D eigenvalue weighted by Crippen LogP contribution is 2.66. The molecule has 2 aliphatic carbocycles. The largest absolute Gasteiger partial charge is 0.457 e. The fourth-order valence-corrected chi connectivity index (χ4v) is 12.8. The molecule has 2 spiro atoms. The molecule has 322 valence electrons. The van der Waals surface area contributed by atoms with E-state index in [1.54, 1.807) is 0 Å². The predicted molar refractivity (Wildman–Crippen MR) is 279 cm³/mol. The van der Waals surface area contributed by atoms with Gasteiger partial charge in [0, 0.05) is 38.8 Å². The first-order valence-electron chi connectivity index (χ1n) is 23.8. The van der Waals surface area contributed by atoms with Crippen molar-refractivity contribution >= 4 is 27.8 Å². The van der Waals surface area contributed by atoms with Crippen molar-refractivity contribution in [3.8, 4) is 56.4 Å². The molecule has 4 aliphatic rings. The zero-order valence-electron chi connectivity index (χ0n) is 37.4. The molecular formula is C66H41NO2. The third-order valence-corrected chi connectivity index (χ3v) is 15.4. The Bertz CT molecular complexity index is 3850. The van der Waals surface area contributed by atoms with Gasteiger partial charge in [-0.3, -0.25) is 0 Å². The first-order chi connectivity index (χ1) is 34.2. The highest BCUT2D eigenvalue weighted by atomic mass is 16.5. The molecule has 15 rings (SSSR count). The quantitative estimate of drug-likeness (QED) is 0.176. The second-order valence-corrected chi connectivity index (χ2v) is 18.6. The van der Waals surface area contributed by atoms with E-state index in [1.807, 2.05) is 0 Å². The van der Waals surface area contributed by atoms with Gasteiger partial charge in [-0.15, -0.1) is 0 Å². The van der Waals surface area contributed by atoms with Crippen LogP contribution in [0.4, 0.5) is 17.1 Å². The number of hydrogen-bond acceptors (Lipinski definition) is 3. The van der Waals surface area contributed by atoms with Crippen LogP contribution in [0.5, 0.6) is 23.0 Å². The number of benzene rings is 11. The monoisotopic (exact) mass is 879 g/mol. The van der Waals surface area contributed by atoms with Crippen LogP contribution in [-0.2, 0) is 10.8 Å². The Morgan fingerprint density at radius 2 is 0.710 bits per heavy atom. The molecule has 0 radical (unpaired) electrons. The molecule has 11 aromatic carbocycles. The van der Waals surface area contributed by atoms with E-state index in [-0.39, 0.29) is 0 Å². The molecule has 0 unspecified atom stereocenters. The van der Waals surface area contributed by atoms with Gasteiger partial charge >= 0.3 is 0 Å². The molecule has 11 aromatic rings. The molecular weight excluding hydrogens is 839 g/mol. The smallest absolute Gasteiger partial charge is 0.132 e. The third-order valence-electron chi connectivity index (χ3n) is 15.4. The summed E-state index contributed by atoms with van der Waals surface area (Å²) in [6, 6.07) is 91.0. The van der Waals surface area contributed by atoms with Gasteiger partial charge in [-0.2, -0.15) is 0 Å². The predicted octanol–water partition coefficient (Wildman–Crippen LogP) is 16.9. The Kier molecular flexibility index (Phi) is 7.92. The molecule has 0 bridgehead atoms. The van der Waals surface area contributed by atoms with Crippen LogP contribution < -0.4 is 14.4 Å². The fourth-order valence-electron chi connectivity index (χ4n) is 12.8. The minimum Gasteiger partial charge on any atom is -0.457 e. The van der Waals surface area contributed by atoms with Crippen molar-refractivity contribution in [2.45, 2.75) is 10.8 Å². The molecule has 69 heavy (non-hydrogen) atoms. The van der Waals surface area contributed by atoms with Gasteiger partial charge in [-0.1, -0.05) is 194 Å². The number of fused-ring (bicyclic) bond motifs is 19. The summed E-state index contributed by atoms with van der Waals surface area (Å²) in [6.07, 6.45) is 0. The molecule has 3 heteroatoms. The van der Waals surface area contributed by atoms with Crippen LogP contribution in [0.3, 0.4) is 0 Å². The summed E-state index contributed by atoms with van der Waals surface area (Å²) in [5.74, 6) is 3.54. The number of anilines is 3. The molecule has 3 nitrogen and oxygen atoms in total. The van der Waals surface area contributed by atoms with E-state index in [2.05, 4.69) is 254 Å². The minimum atomic E-state index is -0.619. The molecule has 0 amide bonds. The maximum atomic E-state index is 6.75. The molecule has 0 N–H and O–H groups in total. The molecule has 0 atom stereocenters. The first-order valence-corrected chi connectivity index (χ1v) is 23.8. The molecule has 0 saturated carbocycles. The van der Waals surface area contributed by atoms with Crippen LogP contribution in [0.2, 0.25) is 0 Å². The van der Waals surface area contributed by atoms with E-state index in [0.29, 0.717) is 0 Å². The Labute approximate surface area is 400 Å². The summed E-state index contributed by atoms with van der Waals surface area (Å²) >= 11 is 0. The highest BCUT2D eigenvalue weighted by molar-refractivity contribution is 6.08. The summed E-state index contributed by atoms with van der Waals surface area (Å²) in [7, 11) is 0. The summed E-state index contributed by atoms with van der Waals surface area (Å²) in [5.41, 5.74) is 18.9. The van der Waals surface area contributed by atoms with Gasteiger partial charge in [0.15, 0.2) is 0 Å². The number of nitrogens with zero attached hydrogens (tertiary/aromatic N) is 1.